The fraction of sp³-hybridized carbons (Fsp3) is 0.538. The van der Waals surface area contributed by atoms with Gasteiger partial charge in [-0.1, -0.05) is 26.0 Å². The van der Waals surface area contributed by atoms with Crippen LogP contribution in [0.5, 0.6) is 0 Å². The van der Waals surface area contributed by atoms with Crippen LogP contribution in [0.25, 0.3) is 0 Å². The molecule has 0 aliphatic rings. The third-order valence-electron chi connectivity index (χ3n) is 2.95. The Labute approximate surface area is 119 Å². The van der Waals surface area contributed by atoms with E-state index in [-0.39, 0.29) is 16.8 Å². The summed E-state index contributed by atoms with van der Waals surface area (Å²) in [7, 11) is -3.52. The summed E-state index contributed by atoms with van der Waals surface area (Å²) in [5.74, 6) is 0. The van der Waals surface area contributed by atoms with Gasteiger partial charge in [-0.05, 0) is 29.9 Å². The number of benzene rings is 1. The smallest absolute Gasteiger partial charge is 0.240 e. The number of aliphatic hydroxyl groups excluding tert-OH is 1. The molecule has 0 fully saturated rings. The van der Waals surface area contributed by atoms with Crippen LogP contribution in [-0.4, -0.2) is 31.6 Å². The Balaban J connectivity index is 3.05. The molecule has 0 heterocycles. The molecule has 0 amide bonds. The molecule has 1 aromatic rings. The number of nitrogens with one attached hydrogen (secondary N) is 1. The van der Waals surface area contributed by atoms with Gasteiger partial charge >= 0.3 is 0 Å². The number of aryl methyl sites for hydroxylation is 1. The van der Waals surface area contributed by atoms with Crippen LogP contribution in [0.4, 0.5) is 0 Å². The minimum absolute atomic E-state index is 0.159. The molecule has 1 unspecified atom stereocenters. The molecular weight excluding hydrogens is 282 g/mol. The second kappa shape index (κ2) is 7.28. The van der Waals surface area contributed by atoms with Crippen molar-refractivity contribution in [2.45, 2.75) is 37.0 Å². The van der Waals surface area contributed by atoms with Crippen molar-refractivity contribution in [1.82, 2.24) is 4.72 Å². The highest BCUT2D eigenvalue weighted by atomic mass is 32.2. The summed E-state index contributed by atoms with van der Waals surface area (Å²) in [5, 5.41) is 9.35. The van der Waals surface area contributed by atoms with E-state index in [4.69, 9.17) is 5.11 Å². The van der Waals surface area contributed by atoms with Gasteiger partial charge in [0, 0.05) is 11.8 Å². The summed E-state index contributed by atoms with van der Waals surface area (Å²) in [6.07, 6.45) is 2.59. The SMILES string of the molecule is CCc1ccc(CO)cc1S(=O)(=O)NCC(C)SC. The maximum atomic E-state index is 12.3. The van der Waals surface area contributed by atoms with Crippen molar-refractivity contribution in [3.05, 3.63) is 29.3 Å². The number of hydrogen-bond donors (Lipinski definition) is 2. The van der Waals surface area contributed by atoms with Crippen LogP contribution in [0.1, 0.15) is 25.0 Å². The third kappa shape index (κ3) is 4.49. The first-order valence-corrected chi connectivity index (χ1v) is 8.96. The maximum absolute atomic E-state index is 12.3. The number of aliphatic hydroxyl groups is 1. The van der Waals surface area contributed by atoms with Gasteiger partial charge in [-0.15, -0.1) is 0 Å². The van der Waals surface area contributed by atoms with Crippen molar-refractivity contribution in [2.24, 2.45) is 0 Å². The molecule has 0 saturated heterocycles. The summed E-state index contributed by atoms with van der Waals surface area (Å²) in [6, 6.07) is 5.06. The Morgan fingerprint density at radius 3 is 2.63 bits per heavy atom. The molecule has 0 radical (unpaired) electrons. The summed E-state index contributed by atoms with van der Waals surface area (Å²) >= 11 is 1.61. The highest BCUT2D eigenvalue weighted by Gasteiger charge is 2.18. The normalized spacial score (nSPS) is 13.5. The van der Waals surface area contributed by atoms with Crippen LogP contribution in [0.2, 0.25) is 0 Å². The quantitative estimate of drug-likeness (QED) is 0.805. The number of sulfonamides is 1. The zero-order valence-corrected chi connectivity index (χ0v) is 13.1. The lowest BCUT2D eigenvalue weighted by molar-refractivity contribution is 0.281. The highest BCUT2D eigenvalue weighted by molar-refractivity contribution is 7.99. The molecule has 1 rings (SSSR count). The van der Waals surface area contributed by atoms with Crippen LogP contribution in [0.15, 0.2) is 23.1 Å². The molecule has 0 bridgehead atoms. The Kier molecular flexibility index (Phi) is 6.32. The zero-order chi connectivity index (χ0) is 14.5. The average molecular weight is 303 g/mol. The van der Waals surface area contributed by atoms with E-state index in [0.717, 1.165) is 5.56 Å². The first-order valence-electron chi connectivity index (χ1n) is 6.19. The summed E-state index contributed by atoms with van der Waals surface area (Å²) in [4.78, 5) is 0.273. The van der Waals surface area contributed by atoms with E-state index < -0.39 is 10.0 Å². The Morgan fingerprint density at radius 1 is 1.42 bits per heavy atom. The summed E-state index contributed by atoms with van der Waals surface area (Å²) in [5.41, 5.74) is 1.37. The first kappa shape index (κ1) is 16.5. The predicted octanol–water partition coefficient (Wildman–Crippen LogP) is 1.77. The molecular formula is C13H21NO3S2. The van der Waals surface area contributed by atoms with Gasteiger partial charge < -0.3 is 5.11 Å². The second-order valence-electron chi connectivity index (χ2n) is 4.35. The number of hydrogen-bond acceptors (Lipinski definition) is 4. The Bertz CT molecular complexity index is 515. The maximum Gasteiger partial charge on any atom is 0.240 e. The van der Waals surface area contributed by atoms with Gasteiger partial charge in [0.25, 0.3) is 0 Å². The minimum Gasteiger partial charge on any atom is -0.392 e. The molecule has 0 aromatic heterocycles. The fourth-order valence-corrected chi connectivity index (χ4v) is 3.47. The van der Waals surface area contributed by atoms with Crippen LogP contribution in [-0.2, 0) is 23.1 Å². The Hall–Kier alpha value is -0.560. The molecule has 0 saturated carbocycles. The topological polar surface area (TPSA) is 66.4 Å². The van der Waals surface area contributed by atoms with Crippen molar-refractivity contribution >= 4 is 21.8 Å². The third-order valence-corrected chi connectivity index (χ3v) is 5.42. The van der Waals surface area contributed by atoms with Gasteiger partial charge in [-0.3, -0.25) is 0 Å². The van der Waals surface area contributed by atoms with Crippen LogP contribution in [0, 0.1) is 0 Å². The monoisotopic (exact) mass is 303 g/mol. The lowest BCUT2D eigenvalue weighted by Gasteiger charge is -2.14. The minimum atomic E-state index is -3.52. The standard InChI is InChI=1S/C13H21NO3S2/c1-4-12-6-5-11(9-15)7-13(12)19(16,17)14-8-10(2)18-3/h5-7,10,14-15H,4,8-9H2,1-3H3. The van der Waals surface area contributed by atoms with Crippen molar-refractivity contribution in [3.63, 3.8) is 0 Å². The van der Waals surface area contributed by atoms with Gasteiger partial charge in [0.1, 0.15) is 0 Å². The van der Waals surface area contributed by atoms with Crippen molar-refractivity contribution in [2.75, 3.05) is 12.8 Å². The largest absolute Gasteiger partial charge is 0.392 e. The number of thioether (sulfide) groups is 1. The van der Waals surface area contributed by atoms with E-state index in [1.165, 1.54) is 0 Å². The molecule has 6 heteroatoms. The molecule has 4 nitrogen and oxygen atoms in total. The van der Waals surface area contributed by atoms with E-state index in [0.29, 0.717) is 18.5 Å². The molecule has 0 spiro atoms. The molecule has 108 valence electrons. The molecule has 0 aliphatic carbocycles. The van der Waals surface area contributed by atoms with Crippen LogP contribution in [0.3, 0.4) is 0 Å². The molecule has 0 aliphatic heterocycles. The van der Waals surface area contributed by atoms with E-state index >= 15 is 0 Å². The fourth-order valence-electron chi connectivity index (χ4n) is 1.63. The van der Waals surface area contributed by atoms with Crippen molar-refractivity contribution in [1.29, 1.82) is 0 Å². The molecule has 19 heavy (non-hydrogen) atoms. The summed E-state index contributed by atoms with van der Waals surface area (Å²) in [6.45, 7) is 4.12. The van der Waals surface area contributed by atoms with E-state index in [9.17, 15) is 8.42 Å². The second-order valence-corrected chi connectivity index (χ2v) is 7.36. The first-order chi connectivity index (χ1) is 8.94. The zero-order valence-electron chi connectivity index (χ0n) is 11.5. The van der Waals surface area contributed by atoms with Gasteiger partial charge in [-0.25, -0.2) is 13.1 Å². The highest BCUT2D eigenvalue weighted by Crippen LogP contribution is 2.19. The van der Waals surface area contributed by atoms with Gasteiger partial charge in [-0.2, -0.15) is 11.8 Å². The van der Waals surface area contributed by atoms with Gasteiger partial charge in [0.05, 0.1) is 11.5 Å². The molecule has 1 atom stereocenters. The lowest BCUT2D eigenvalue weighted by Crippen LogP contribution is -2.30. The van der Waals surface area contributed by atoms with Crippen molar-refractivity contribution in [3.8, 4) is 0 Å². The van der Waals surface area contributed by atoms with Crippen LogP contribution >= 0.6 is 11.8 Å². The van der Waals surface area contributed by atoms with E-state index in [1.54, 1.807) is 30.0 Å². The molecule has 1 aromatic carbocycles. The predicted molar refractivity (Wildman–Crippen MR) is 79.9 cm³/mol. The average Bonchev–Trinajstić information content (AvgIpc) is 2.43. The van der Waals surface area contributed by atoms with E-state index in [1.807, 2.05) is 20.1 Å². The lowest BCUT2D eigenvalue weighted by atomic mass is 10.1. The van der Waals surface area contributed by atoms with E-state index in [2.05, 4.69) is 4.72 Å². The van der Waals surface area contributed by atoms with Gasteiger partial charge in [0.2, 0.25) is 10.0 Å². The summed E-state index contributed by atoms with van der Waals surface area (Å²) < 4.78 is 27.2. The van der Waals surface area contributed by atoms with Gasteiger partial charge in [0.15, 0.2) is 0 Å². The molecule has 2 N–H and O–H groups in total. The van der Waals surface area contributed by atoms with Crippen molar-refractivity contribution < 1.29 is 13.5 Å². The number of rotatable bonds is 7. The van der Waals surface area contributed by atoms with Crippen LogP contribution < -0.4 is 4.72 Å². The Morgan fingerprint density at radius 2 is 2.11 bits per heavy atom.